The summed E-state index contributed by atoms with van der Waals surface area (Å²) in [7, 11) is -1.14. The summed E-state index contributed by atoms with van der Waals surface area (Å²) in [6.07, 6.45) is -5.00. The van der Waals surface area contributed by atoms with Gasteiger partial charge in [-0.15, -0.1) is 0 Å². The number of aryl methyl sites for hydroxylation is 1. The Hall–Kier alpha value is -6.67. The van der Waals surface area contributed by atoms with Crippen molar-refractivity contribution in [2.24, 2.45) is 7.05 Å². The molecule has 0 saturated heterocycles. The monoisotopic (exact) mass is 868 g/mol. The third-order valence-electron chi connectivity index (χ3n) is 9.33. The molecule has 0 unspecified atom stereocenters. The van der Waals surface area contributed by atoms with Crippen LogP contribution in [0.3, 0.4) is 0 Å². The topological polar surface area (TPSA) is 174 Å². The second-order valence-electron chi connectivity index (χ2n) is 13.4. The molecule has 310 valence electrons. The molecule has 7 rings (SSSR count). The van der Waals surface area contributed by atoms with Crippen molar-refractivity contribution in [1.82, 2.24) is 34.6 Å². The van der Waals surface area contributed by atoms with Gasteiger partial charge in [-0.2, -0.15) is 18.3 Å². The van der Waals surface area contributed by atoms with Gasteiger partial charge in [-0.05, 0) is 65.7 Å². The third-order valence-corrected chi connectivity index (χ3v) is 10.7. The standard InChI is InChI=1S/C39H30ClF5N8O6S/c1-51-33-30(11-10-27(40)32(33)36(50-51)52(60(3,57)58)19-20-4-7-25(59-2)8-5-20)53-35(29(48-38(55)56)16-21-14-23(41)18-24(42)15-21)47-28-17-22(6-9-26(28)37(53)54)34-46-13-12-31(49-34)39(43,44)45/h4-15,17-18,29,48H,16,19H2,1-3H3,(H,55,56)/t29-/m0/s1. The van der Waals surface area contributed by atoms with Gasteiger partial charge < -0.3 is 15.2 Å². The zero-order valence-electron chi connectivity index (χ0n) is 31.4. The van der Waals surface area contributed by atoms with E-state index in [9.17, 15) is 45.1 Å². The number of alkyl halides is 3. The second-order valence-corrected chi connectivity index (χ2v) is 15.8. The number of nitrogens with zero attached hydrogens (tertiary/aromatic N) is 7. The lowest BCUT2D eigenvalue weighted by Gasteiger charge is -2.23. The van der Waals surface area contributed by atoms with Crippen LogP contribution in [0.25, 0.3) is 38.9 Å². The van der Waals surface area contributed by atoms with E-state index in [2.05, 4.69) is 25.4 Å². The fourth-order valence-electron chi connectivity index (χ4n) is 6.72. The Labute approximate surface area is 341 Å². The highest BCUT2D eigenvalue weighted by Gasteiger charge is 2.33. The molecule has 4 aromatic carbocycles. The van der Waals surface area contributed by atoms with Crippen LogP contribution in [-0.2, 0) is 36.2 Å². The van der Waals surface area contributed by atoms with E-state index in [-0.39, 0.29) is 67.7 Å². The summed E-state index contributed by atoms with van der Waals surface area (Å²) in [5, 5.41) is 16.8. The lowest BCUT2D eigenvalue weighted by atomic mass is 10.0. The van der Waals surface area contributed by atoms with Crippen LogP contribution in [0.15, 0.2) is 89.9 Å². The van der Waals surface area contributed by atoms with Gasteiger partial charge in [0.25, 0.3) is 5.56 Å². The molecule has 3 heterocycles. The summed E-state index contributed by atoms with van der Waals surface area (Å²) in [5.74, 6) is -2.24. The van der Waals surface area contributed by atoms with Crippen molar-refractivity contribution in [1.29, 1.82) is 0 Å². The number of hydrogen-bond acceptors (Lipinski definition) is 9. The van der Waals surface area contributed by atoms with E-state index in [1.807, 2.05) is 0 Å². The van der Waals surface area contributed by atoms with E-state index in [1.54, 1.807) is 24.3 Å². The first-order chi connectivity index (χ1) is 28.3. The molecule has 60 heavy (non-hydrogen) atoms. The summed E-state index contributed by atoms with van der Waals surface area (Å²) in [6, 6.07) is 14.9. The maximum atomic E-state index is 14.8. The first-order valence-corrected chi connectivity index (χ1v) is 19.7. The molecular weight excluding hydrogens is 839 g/mol. The normalized spacial score (nSPS) is 12.5. The van der Waals surface area contributed by atoms with Crippen molar-refractivity contribution >= 4 is 55.3 Å². The van der Waals surface area contributed by atoms with E-state index < -0.39 is 57.6 Å². The molecule has 0 radical (unpaired) electrons. The molecule has 0 spiro atoms. The second kappa shape index (κ2) is 15.8. The molecular formula is C39H30ClF5N8O6S. The fourth-order valence-corrected chi connectivity index (χ4v) is 7.79. The number of aromatic nitrogens is 6. The Bertz CT molecular complexity index is 2980. The Morgan fingerprint density at radius 3 is 2.32 bits per heavy atom. The highest BCUT2D eigenvalue weighted by atomic mass is 35.5. The van der Waals surface area contributed by atoms with E-state index >= 15 is 0 Å². The number of amides is 1. The quantitative estimate of drug-likeness (QED) is 0.127. The van der Waals surface area contributed by atoms with Gasteiger partial charge in [0.1, 0.15) is 28.9 Å². The van der Waals surface area contributed by atoms with E-state index in [0.717, 1.165) is 33.5 Å². The molecule has 0 aliphatic heterocycles. The number of ether oxygens (including phenoxy) is 1. The molecule has 0 fully saturated rings. The lowest BCUT2D eigenvalue weighted by molar-refractivity contribution is -0.141. The molecule has 0 aliphatic carbocycles. The molecule has 7 aromatic rings. The number of fused-ring (bicyclic) bond motifs is 2. The summed E-state index contributed by atoms with van der Waals surface area (Å²) in [6.45, 7) is -0.203. The van der Waals surface area contributed by atoms with Crippen LogP contribution >= 0.6 is 11.6 Å². The van der Waals surface area contributed by atoms with E-state index in [4.69, 9.17) is 16.3 Å². The van der Waals surface area contributed by atoms with Crippen molar-refractivity contribution in [2.45, 2.75) is 25.2 Å². The van der Waals surface area contributed by atoms with Gasteiger partial charge in [0, 0.05) is 31.3 Å². The number of rotatable bonds is 11. The van der Waals surface area contributed by atoms with Crippen LogP contribution in [0.5, 0.6) is 5.75 Å². The highest BCUT2D eigenvalue weighted by molar-refractivity contribution is 7.92. The van der Waals surface area contributed by atoms with Crippen molar-refractivity contribution < 1.29 is 45.0 Å². The molecule has 21 heteroatoms. The van der Waals surface area contributed by atoms with Crippen molar-refractivity contribution in [2.75, 3.05) is 17.7 Å². The molecule has 0 aliphatic rings. The van der Waals surface area contributed by atoms with E-state index in [1.165, 1.54) is 49.2 Å². The predicted octanol–water partition coefficient (Wildman–Crippen LogP) is 7.21. The highest BCUT2D eigenvalue weighted by Crippen LogP contribution is 2.38. The Kier molecular flexibility index (Phi) is 10.9. The maximum absolute atomic E-state index is 14.8. The molecule has 0 saturated carbocycles. The number of nitrogens with one attached hydrogen (secondary N) is 1. The van der Waals surface area contributed by atoms with Crippen LogP contribution in [0.2, 0.25) is 5.02 Å². The first kappa shape index (κ1) is 41.5. The average molecular weight is 869 g/mol. The molecule has 14 nitrogen and oxygen atoms in total. The van der Waals surface area contributed by atoms with Crippen LogP contribution < -0.4 is 19.9 Å². The number of carboxylic acid groups (broad SMARTS) is 1. The average Bonchev–Trinajstić information content (AvgIpc) is 3.53. The third kappa shape index (κ3) is 8.28. The molecule has 1 amide bonds. The molecule has 3 aromatic heterocycles. The minimum atomic E-state index is -4.80. The number of halogens is 6. The zero-order valence-corrected chi connectivity index (χ0v) is 32.9. The van der Waals surface area contributed by atoms with Crippen molar-refractivity contribution in [3.05, 3.63) is 135 Å². The van der Waals surface area contributed by atoms with Gasteiger partial charge in [-0.25, -0.2) is 41.3 Å². The van der Waals surface area contributed by atoms with Crippen LogP contribution in [0.1, 0.15) is 28.7 Å². The number of methoxy groups -OCH3 is 1. The summed E-state index contributed by atoms with van der Waals surface area (Å²) < 4.78 is 105. The molecule has 1 atom stereocenters. The van der Waals surface area contributed by atoms with Gasteiger partial charge in [-0.1, -0.05) is 29.8 Å². The lowest BCUT2D eigenvalue weighted by Crippen LogP contribution is -2.35. The smallest absolute Gasteiger partial charge is 0.433 e. The Morgan fingerprint density at radius 2 is 1.68 bits per heavy atom. The van der Waals surface area contributed by atoms with Crippen LogP contribution in [-0.4, -0.2) is 62.3 Å². The Morgan fingerprint density at radius 1 is 0.983 bits per heavy atom. The van der Waals surface area contributed by atoms with Crippen molar-refractivity contribution in [3.63, 3.8) is 0 Å². The minimum Gasteiger partial charge on any atom is -0.497 e. The molecule has 0 bridgehead atoms. The number of hydrogen-bond donors (Lipinski definition) is 2. The van der Waals surface area contributed by atoms with E-state index in [0.29, 0.717) is 23.4 Å². The number of benzene rings is 4. The van der Waals surface area contributed by atoms with Gasteiger partial charge in [0.2, 0.25) is 10.0 Å². The van der Waals surface area contributed by atoms with Gasteiger partial charge in [0.15, 0.2) is 11.6 Å². The Balaban J connectivity index is 1.50. The minimum absolute atomic E-state index is 0.0158. The zero-order chi connectivity index (χ0) is 43.3. The number of anilines is 1. The summed E-state index contributed by atoms with van der Waals surface area (Å²) >= 11 is 6.79. The predicted molar refractivity (Wildman–Crippen MR) is 211 cm³/mol. The largest absolute Gasteiger partial charge is 0.497 e. The summed E-state index contributed by atoms with van der Waals surface area (Å²) in [5.41, 5.74) is -1.60. The molecule has 2 N–H and O–H groups in total. The van der Waals surface area contributed by atoms with Gasteiger partial charge in [-0.3, -0.25) is 14.0 Å². The first-order valence-electron chi connectivity index (χ1n) is 17.5. The number of carbonyl (C=O) groups is 1. The fraction of sp³-hybridized carbons (Fsp3) is 0.179. The number of sulfonamides is 1. The van der Waals surface area contributed by atoms with Crippen LogP contribution in [0, 0.1) is 11.6 Å². The SMILES string of the molecule is COc1ccc(CN(c2nn(C)c3c(-n4c([C@H](Cc5cc(F)cc(F)c5)NC(=O)O)nc5cc(-c6nccc(C(F)(F)F)n6)ccc5c4=O)ccc(Cl)c23)S(C)(=O)=O)cc1. The van der Waals surface area contributed by atoms with Crippen molar-refractivity contribution in [3.8, 4) is 22.8 Å². The van der Waals surface area contributed by atoms with Gasteiger partial charge >= 0.3 is 12.3 Å². The van der Waals surface area contributed by atoms with Crippen LogP contribution in [0.4, 0.5) is 32.6 Å². The maximum Gasteiger partial charge on any atom is 0.433 e. The van der Waals surface area contributed by atoms with Gasteiger partial charge in [0.05, 0.1) is 58.5 Å². The summed E-state index contributed by atoms with van der Waals surface area (Å²) in [4.78, 5) is 39.4.